The average Bonchev–Trinajstić information content (AvgIpc) is 2.81. The molecule has 1 aromatic heterocycles. The molecule has 1 aromatic carbocycles. The lowest BCUT2D eigenvalue weighted by molar-refractivity contribution is 0.382. The topological polar surface area (TPSA) is 38.1 Å². The van der Waals surface area contributed by atoms with Crippen LogP contribution in [0.4, 0.5) is 13.2 Å². The molecule has 20 heavy (non-hydrogen) atoms. The minimum absolute atomic E-state index is 0.0621. The molecule has 2 rings (SSSR count). The number of nitrogens with zero attached hydrogens (tertiary/aromatic N) is 1. The molecule has 1 heterocycles. The Morgan fingerprint density at radius 2 is 1.85 bits per heavy atom. The molecule has 0 spiro atoms. The van der Waals surface area contributed by atoms with Crippen LogP contribution in [0.25, 0.3) is 11.3 Å². The van der Waals surface area contributed by atoms with E-state index in [4.69, 9.17) is 4.42 Å². The number of halogens is 3. The Labute approximate surface area is 114 Å². The van der Waals surface area contributed by atoms with Gasteiger partial charge in [-0.1, -0.05) is 0 Å². The largest absolute Gasteiger partial charge is 0.439 e. The zero-order valence-electron chi connectivity index (χ0n) is 11.4. The third-order valence-electron chi connectivity index (χ3n) is 2.62. The second kappa shape index (κ2) is 5.28. The van der Waals surface area contributed by atoms with Crippen LogP contribution >= 0.6 is 0 Å². The van der Waals surface area contributed by atoms with E-state index in [-0.39, 0.29) is 16.9 Å². The van der Waals surface area contributed by atoms with Crippen molar-refractivity contribution in [3.8, 4) is 11.3 Å². The first-order valence-electron chi connectivity index (χ1n) is 6.11. The number of rotatable bonds is 3. The smallest absolute Gasteiger partial charge is 0.208 e. The Hall–Kier alpha value is -1.82. The van der Waals surface area contributed by atoms with Gasteiger partial charge in [-0.25, -0.2) is 18.2 Å². The van der Waals surface area contributed by atoms with Gasteiger partial charge in [0.05, 0.1) is 18.3 Å². The highest BCUT2D eigenvalue weighted by Crippen LogP contribution is 2.26. The summed E-state index contributed by atoms with van der Waals surface area (Å²) in [7, 11) is 0. The van der Waals surface area contributed by atoms with Crippen LogP contribution in [-0.4, -0.2) is 10.5 Å². The highest BCUT2D eigenvalue weighted by atomic mass is 19.2. The number of hydrogen-bond acceptors (Lipinski definition) is 3. The van der Waals surface area contributed by atoms with Crippen molar-refractivity contribution in [3.05, 3.63) is 41.7 Å². The molecule has 0 radical (unpaired) electrons. The molecular formula is C14H15F3N2O. The Balaban J connectivity index is 2.23. The zero-order chi connectivity index (χ0) is 14.9. The standard InChI is InChI=1S/C14H15F3N2O/c1-14(2,3)19-7-11-18-6-10(20-11)8-4-5-9(15)13(17)12(8)16/h4-6,19H,7H2,1-3H3. The zero-order valence-corrected chi connectivity index (χ0v) is 11.4. The molecule has 2 aromatic rings. The molecule has 0 atom stereocenters. The first-order valence-corrected chi connectivity index (χ1v) is 6.11. The average molecular weight is 284 g/mol. The van der Waals surface area contributed by atoms with E-state index in [2.05, 4.69) is 10.3 Å². The summed E-state index contributed by atoms with van der Waals surface area (Å²) in [5, 5.41) is 3.15. The Morgan fingerprint density at radius 3 is 2.50 bits per heavy atom. The SMILES string of the molecule is CC(C)(C)NCc1ncc(-c2ccc(F)c(F)c2F)o1. The van der Waals surface area contributed by atoms with E-state index in [1.165, 1.54) is 6.20 Å². The lowest BCUT2D eigenvalue weighted by atomic mass is 10.1. The Morgan fingerprint density at radius 1 is 1.15 bits per heavy atom. The molecular weight excluding hydrogens is 269 g/mol. The first-order chi connectivity index (χ1) is 9.28. The van der Waals surface area contributed by atoms with E-state index < -0.39 is 17.5 Å². The van der Waals surface area contributed by atoms with E-state index in [1.54, 1.807) is 0 Å². The monoisotopic (exact) mass is 284 g/mol. The summed E-state index contributed by atoms with van der Waals surface area (Å²) in [6.07, 6.45) is 1.29. The molecule has 0 unspecified atom stereocenters. The van der Waals surface area contributed by atoms with Gasteiger partial charge in [-0.2, -0.15) is 0 Å². The van der Waals surface area contributed by atoms with Crippen LogP contribution in [0.3, 0.4) is 0 Å². The van der Waals surface area contributed by atoms with Gasteiger partial charge < -0.3 is 9.73 Å². The van der Waals surface area contributed by atoms with Crippen LogP contribution < -0.4 is 5.32 Å². The van der Waals surface area contributed by atoms with E-state index >= 15 is 0 Å². The third kappa shape index (κ3) is 3.19. The maximum absolute atomic E-state index is 13.6. The molecule has 0 fully saturated rings. The summed E-state index contributed by atoms with van der Waals surface area (Å²) in [5.41, 5.74) is -0.277. The minimum Gasteiger partial charge on any atom is -0.439 e. The van der Waals surface area contributed by atoms with Gasteiger partial charge in [-0.05, 0) is 32.9 Å². The molecule has 0 aliphatic heterocycles. The van der Waals surface area contributed by atoms with Crippen LogP contribution in [0.1, 0.15) is 26.7 Å². The molecule has 0 aliphatic carbocycles. The van der Waals surface area contributed by atoms with Gasteiger partial charge in [0.15, 0.2) is 23.2 Å². The van der Waals surface area contributed by atoms with Crippen molar-refractivity contribution in [1.82, 2.24) is 10.3 Å². The van der Waals surface area contributed by atoms with Crippen molar-refractivity contribution >= 4 is 0 Å². The highest BCUT2D eigenvalue weighted by Gasteiger charge is 2.18. The second-order valence-electron chi connectivity index (χ2n) is 5.44. The van der Waals surface area contributed by atoms with Crippen LogP contribution in [-0.2, 0) is 6.54 Å². The maximum Gasteiger partial charge on any atom is 0.208 e. The molecule has 0 aliphatic rings. The predicted octanol–water partition coefficient (Wildman–Crippen LogP) is 3.65. The Kier molecular flexibility index (Phi) is 3.85. The summed E-state index contributed by atoms with van der Waals surface area (Å²) in [6.45, 7) is 6.29. The summed E-state index contributed by atoms with van der Waals surface area (Å²) < 4.78 is 45.0. The molecule has 0 bridgehead atoms. The van der Waals surface area contributed by atoms with E-state index in [0.29, 0.717) is 12.4 Å². The molecule has 6 heteroatoms. The van der Waals surface area contributed by atoms with Gasteiger partial charge in [0.1, 0.15) is 0 Å². The summed E-state index contributed by atoms with van der Waals surface area (Å²) >= 11 is 0. The minimum atomic E-state index is -1.52. The van der Waals surface area contributed by atoms with Crippen molar-refractivity contribution in [2.45, 2.75) is 32.9 Å². The molecule has 108 valence electrons. The van der Waals surface area contributed by atoms with Gasteiger partial charge >= 0.3 is 0 Å². The summed E-state index contributed by atoms with van der Waals surface area (Å²) in [4.78, 5) is 3.98. The normalized spacial score (nSPS) is 11.9. The van der Waals surface area contributed by atoms with Crippen molar-refractivity contribution < 1.29 is 17.6 Å². The van der Waals surface area contributed by atoms with Crippen molar-refractivity contribution in [2.24, 2.45) is 0 Å². The van der Waals surface area contributed by atoms with Gasteiger partial charge in [-0.15, -0.1) is 0 Å². The van der Waals surface area contributed by atoms with Crippen molar-refractivity contribution in [3.63, 3.8) is 0 Å². The fourth-order valence-corrected chi connectivity index (χ4v) is 1.57. The van der Waals surface area contributed by atoms with Gasteiger partial charge in [0, 0.05) is 5.54 Å². The van der Waals surface area contributed by atoms with Gasteiger partial charge in [0.2, 0.25) is 5.89 Å². The van der Waals surface area contributed by atoms with Crippen LogP contribution in [0.2, 0.25) is 0 Å². The number of aromatic nitrogens is 1. The van der Waals surface area contributed by atoms with Gasteiger partial charge in [0.25, 0.3) is 0 Å². The quantitative estimate of drug-likeness (QED) is 0.874. The van der Waals surface area contributed by atoms with Crippen LogP contribution in [0, 0.1) is 17.5 Å². The number of nitrogens with one attached hydrogen (secondary N) is 1. The molecule has 1 N–H and O–H groups in total. The highest BCUT2D eigenvalue weighted by molar-refractivity contribution is 5.57. The van der Waals surface area contributed by atoms with Gasteiger partial charge in [-0.3, -0.25) is 0 Å². The van der Waals surface area contributed by atoms with E-state index in [0.717, 1.165) is 12.1 Å². The number of oxazole rings is 1. The third-order valence-corrected chi connectivity index (χ3v) is 2.62. The lowest BCUT2D eigenvalue weighted by Gasteiger charge is -2.18. The molecule has 3 nitrogen and oxygen atoms in total. The first kappa shape index (κ1) is 14.6. The van der Waals surface area contributed by atoms with E-state index in [1.807, 2.05) is 20.8 Å². The Bertz CT molecular complexity index is 617. The van der Waals surface area contributed by atoms with Crippen molar-refractivity contribution in [2.75, 3.05) is 0 Å². The second-order valence-corrected chi connectivity index (χ2v) is 5.44. The fraction of sp³-hybridized carbons (Fsp3) is 0.357. The molecule has 0 saturated carbocycles. The van der Waals surface area contributed by atoms with Crippen molar-refractivity contribution in [1.29, 1.82) is 0 Å². The fourth-order valence-electron chi connectivity index (χ4n) is 1.57. The molecule has 0 amide bonds. The maximum atomic E-state index is 13.6. The lowest BCUT2D eigenvalue weighted by Crippen LogP contribution is -2.35. The predicted molar refractivity (Wildman–Crippen MR) is 68.4 cm³/mol. The number of benzene rings is 1. The molecule has 0 saturated heterocycles. The number of hydrogen-bond donors (Lipinski definition) is 1. The van der Waals surface area contributed by atoms with Crippen LogP contribution in [0.15, 0.2) is 22.7 Å². The summed E-state index contributed by atoms with van der Waals surface area (Å²) in [6, 6.07) is 1.97. The summed E-state index contributed by atoms with van der Waals surface area (Å²) in [5.74, 6) is -3.63. The van der Waals surface area contributed by atoms with Crippen LogP contribution in [0.5, 0.6) is 0 Å². The van der Waals surface area contributed by atoms with E-state index in [9.17, 15) is 13.2 Å².